The van der Waals surface area contributed by atoms with Crippen molar-refractivity contribution in [3.63, 3.8) is 0 Å². The lowest BCUT2D eigenvalue weighted by Gasteiger charge is -2.04. The second-order valence-corrected chi connectivity index (χ2v) is 12.2. The summed E-state index contributed by atoms with van der Waals surface area (Å²) in [5.74, 6) is 0.965. The molecule has 0 heterocycles. The molecule has 7 rings (SSSR count). The third kappa shape index (κ3) is 21.0. The lowest BCUT2D eigenvalue weighted by atomic mass is 10.0. The largest absolute Gasteiger partial charge is 0.508 e. The third-order valence-electron chi connectivity index (χ3n) is 8.38. The number of phenolic OH excluding ortho intramolecular Hbond substituents is 3. The second kappa shape index (κ2) is 31.2. The Hall–Kier alpha value is -6.06. The van der Waals surface area contributed by atoms with Crippen LogP contribution in [0.4, 0.5) is 0 Å². The van der Waals surface area contributed by atoms with Gasteiger partial charge in [0.05, 0.1) is 0 Å². The van der Waals surface area contributed by atoms with Crippen molar-refractivity contribution in [2.24, 2.45) is 0 Å². The Morgan fingerprint density at radius 2 is 0.421 bits per heavy atom. The Morgan fingerprint density at radius 1 is 0.263 bits per heavy atom. The molecule has 0 unspecified atom stereocenters. The Balaban J connectivity index is 0.000000710. The van der Waals surface area contributed by atoms with E-state index in [0.29, 0.717) is 17.2 Å². The van der Waals surface area contributed by atoms with Gasteiger partial charge in [-0.3, -0.25) is 0 Å². The summed E-state index contributed by atoms with van der Waals surface area (Å²) >= 11 is 0. The number of aryl methyl sites for hydroxylation is 4. The van der Waals surface area contributed by atoms with Crippen LogP contribution in [0.1, 0.15) is 78.6 Å². The molecule has 3 heteroatoms. The fraction of sp³-hybridized carbons (Fsp3) is 0.222. The highest BCUT2D eigenvalue weighted by atomic mass is 16.3. The Labute approximate surface area is 346 Å². The summed E-state index contributed by atoms with van der Waals surface area (Å²) in [5.41, 5.74) is 10.8. The maximum absolute atomic E-state index is 8.63. The minimum absolute atomic E-state index is 0. The molecule has 0 saturated heterocycles. The average Bonchev–Trinajstić information content (AvgIpc) is 3.26. The second-order valence-electron chi connectivity index (χ2n) is 12.2. The van der Waals surface area contributed by atoms with Crippen molar-refractivity contribution in [3.8, 4) is 39.5 Å². The molecule has 0 saturated carbocycles. The van der Waals surface area contributed by atoms with E-state index >= 15 is 0 Å². The van der Waals surface area contributed by atoms with Gasteiger partial charge in [0.15, 0.2) is 0 Å². The summed E-state index contributed by atoms with van der Waals surface area (Å²) in [6.07, 6.45) is 4.42. The first-order valence-corrected chi connectivity index (χ1v) is 19.4. The van der Waals surface area contributed by atoms with Crippen LogP contribution in [0.15, 0.2) is 188 Å². The van der Waals surface area contributed by atoms with E-state index in [1.165, 1.54) is 44.5 Å². The first-order chi connectivity index (χ1) is 26.8. The van der Waals surface area contributed by atoms with Crippen LogP contribution in [0.2, 0.25) is 0 Å². The van der Waals surface area contributed by atoms with E-state index in [0.717, 1.165) is 25.7 Å². The van der Waals surface area contributed by atoms with Gasteiger partial charge in [-0.2, -0.15) is 0 Å². The molecule has 3 nitrogen and oxygen atoms in total. The maximum atomic E-state index is 8.63. The summed E-state index contributed by atoms with van der Waals surface area (Å²) in [7, 11) is 0. The lowest BCUT2D eigenvalue weighted by Crippen LogP contribution is -1.83. The van der Waals surface area contributed by atoms with Crippen molar-refractivity contribution >= 4 is 0 Å². The Kier molecular flexibility index (Phi) is 27.9. The lowest BCUT2D eigenvalue weighted by molar-refractivity contribution is 0.475. The topological polar surface area (TPSA) is 60.7 Å². The number of benzene rings is 7. The molecule has 0 spiro atoms. The summed E-state index contributed by atoms with van der Waals surface area (Å²) in [5, 5.41) is 25.9. The van der Waals surface area contributed by atoms with Crippen LogP contribution in [-0.2, 0) is 25.7 Å². The number of para-hydroxylation sites is 3. The van der Waals surface area contributed by atoms with Gasteiger partial charge in [0.1, 0.15) is 17.2 Å². The van der Waals surface area contributed by atoms with E-state index in [9.17, 15) is 0 Å². The van der Waals surface area contributed by atoms with Crippen molar-refractivity contribution in [3.05, 3.63) is 210 Å². The van der Waals surface area contributed by atoms with E-state index in [4.69, 9.17) is 15.3 Å². The van der Waals surface area contributed by atoms with Crippen molar-refractivity contribution in [2.75, 3.05) is 0 Å². The summed E-state index contributed by atoms with van der Waals surface area (Å²) in [4.78, 5) is 0. The van der Waals surface area contributed by atoms with Crippen LogP contribution in [0.5, 0.6) is 17.2 Å². The molecule has 0 fully saturated rings. The summed E-state index contributed by atoms with van der Waals surface area (Å²) in [6, 6.07) is 61.5. The van der Waals surface area contributed by atoms with Crippen molar-refractivity contribution in [2.45, 2.75) is 82.1 Å². The highest BCUT2D eigenvalue weighted by Crippen LogP contribution is 2.22. The zero-order chi connectivity index (χ0) is 40.1. The quantitative estimate of drug-likeness (QED) is 0.158. The van der Waals surface area contributed by atoms with Gasteiger partial charge in [-0.05, 0) is 107 Å². The SMILES string of the molecule is C.C.CC.CCc1ccc(-c2ccc(CC)cc2)cc1.CCc1ccc(-c2ccc(CC)cc2)cc1.Oc1ccccc1.Oc1ccccc1.Oc1ccccc1. The van der Waals surface area contributed by atoms with Crippen LogP contribution in [-0.4, -0.2) is 15.3 Å². The maximum Gasteiger partial charge on any atom is 0.115 e. The van der Waals surface area contributed by atoms with E-state index in [1.807, 2.05) is 32.0 Å². The highest BCUT2D eigenvalue weighted by molar-refractivity contribution is 5.64. The van der Waals surface area contributed by atoms with Crippen LogP contribution in [0, 0.1) is 0 Å². The first-order valence-electron chi connectivity index (χ1n) is 19.4. The molecular formula is C54H68O3. The zero-order valence-electron chi connectivity index (χ0n) is 33.6. The molecule has 0 aliphatic carbocycles. The van der Waals surface area contributed by atoms with Crippen LogP contribution < -0.4 is 0 Å². The average molecular weight is 765 g/mol. The van der Waals surface area contributed by atoms with Gasteiger partial charge >= 0.3 is 0 Å². The van der Waals surface area contributed by atoms with Gasteiger partial charge in [0, 0.05) is 0 Å². The van der Waals surface area contributed by atoms with E-state index in [2.05, 4.69) is 125 Å². The van der Waals surface area contributed by atoms with Gasteiger partial charge in [-0.25, -0.2) is 0 Å². The third-order valence-corrected chi connectivity index (χ3v) is 8.38. The smallest absolute Gasteiger partial charge is 0.115 e. The molecule has 0 atom stereocenters. The van der Waals surface area contributed by atoms with Gasteiger partial charge in [0.25, 0.3) is 0 Å². The molecule has 302 valence electrons. The minimum atomic E-state index is 0. The molecule has 0 bridgehead atoms. The van der Waals surface area contributed by atoms with E-state index in [1.54, 1.807) is 72.8 Å². The molecule has 0 amide bonds. The number of phenols is 3. The van der Waals surface area contributed by atoms with Crippen molar-refractivity contribution in [1.82, 2.24) is 0 Å². The van der Waals surface area contributed by atoms with Crippen molar-refractivity contribution in [1.29, 1.82) is 0 Å². The fourth-order valence-corrected chi connectivity index (χ4v) is 5.02. The monoisotopic (exact) mass is 765 g/mol. The predicted molar refractivity (Wildman–Crippen MR) is 250 cm³/mol. The van der Waals surface area contributed by atoms with Gasteiger partial charge < -0.3 is 15.3 Å². The molecule has 7 aromatic rings. The Morgan fingerprint density at radius 3 is 0.526 bits per heavy atom. The van der Waals surface area contributed by atoms with E-state index < -0.39 is 0 Å². The van der Waals surface area contributed by atoms with Crippen LogP contribution >= 0.6 is 0 Å². The minimum Gasteiger partial charge on any atom is -0.508 e. The standard InChI is InChI=1S/2C16H18.3C6H6O.C2H6.2CH4/c2*1-3-13-5-9-15(10-6-13)16-11-7-14(4-2)8-12-16;3*7-6-4-2-1-3-5-6;1-2;;/h2*5-12H,3-4H2,1-2H3;3*1-5,7H;1-2H3;2*1H4. The van der Waals surface area contributed by atoms with Gasteiger partial charge in [-0.15, -0.1) is 0 Å². The van der Waals surface area contributed by atoms with Crippen LogP contribution in [0.3, 0.4) is 0 Å². The van der Waals surface area contributed by atoms with Gasteiger partial charge in [-0.1, -0.05) is 208 Å². The fourth-order valence-electron chi connectivity index (χ4n) is 5.02. The normalized spacial score (nSPS) is 9.09. The summed E-state index contributed by atoms with van der Waals surface area (Å²) in [6.45, 7) is 12.7. The summed E-state index contributed by atoms with van der Waals surface area (Å²) < 4.78 is 0. The molecule has 57 heavy (non-hydrogen) atoms. The van der Waals surface area contributed by atoms with Gasteiger partial charge in [0.2, 0.25) is 0 Å². The molecule has 0 aliphatic rings. The molecule has 0 radical (unpaired) electrons. The predicted octanol–water partition coefficient (Wildman–Crippen LogP) is 15.4. The Bertz CT molecular complexity index is 1650. The molecule has 3 N–H and O–H groups in total. The van der Waals surface area contributed by atoms with E-state index in [-0.39, 0.29) is 14.9 Å². The number of rotatable bonds is 6. The van der Waals surface area contributed by atoms with Crippen LogP contribution in [0.25, 0.3) is 22.3 Å². The molecule has 7 aromatic carbocycles. The number of aromatic hydroxyl groups is 3. The first kappa shape index (κ1) is 50.9. The molecule has 0 aromatic heterocycles. The highest BCUT2D eigenvalue weighted by Gasteiger charge is 1.99. The zero-order valence-corrected chi connectivity index (χ0v) is 33.6. The number of hydrogen-bond donors (Lipinski definition) is 3. The van der Waals surface area contributed by atoms with Crippen molar-refractivity contribution < 1.29 is 15.3 Å². The molecular weight excluding hydrogens is 697 g/mol. The number of hydrogen-bond acceptors (Lipinski definition) is 3. The molecule has 0 aliphatic heterocycles.